The van der Waals surface area contributed by atoms with Gasteiger partial charge in [-0.2, -0.15) is 17.0 Å². The molecule has 1 aliphatic rings. The zero-order valence-corrected chi connectivity index (χ0v) is 13.5. The number of benzene rings is 1. The molecule has 1 unspecified atom stereocenters. The lowest BCUT2D eigenvalue weighted by Gasteiger charge is -2.26. The van der Waals surface area contributed by atoms with Crippen molar-refractivity contribution in [1.29, 1.82) is 0 Å². The smallest absolute Gasteiger partial charge is 0.195 e. The van der Waals surface area contributed by atoms with Crippen LogP contribution in [0.15, 0.2) is 24.3 Å². The van der Waals surface area contributed by atoms with Gasteiger partial charge < -0.3 is 0 Å². The van der Waals surface area contributed by atoms with Crippen LogP contribution in [0.1, 0.15) is 30.7 Å². The van der Waals surface area contributed by atoms with Crippen LogP contribution < -0.4 is 0 Å². The first-order valence-electron chi connectivity index (χ1n) is 6.84. The Hall–Kier alpha value is -0.620. The highest BCUT2D eigenvalue weighted by Gasteiger charge is 2.29. The van der Waals surface area contributed by atoms with Crippen LogP contribution in [-0.4, -0.2) is 44.2 Å². The Balaban J connectivity index is 2.21. The molecule has 0 amide bonds. The summed E-state index contributed by atoms with van der Waals surface area (Å²) in [6.07, 6.45) is 2.98. The molecule has 6 heteroatoms. The van der Waals surface area contributed by atoms with E-state index >= 15 is 0 Å². The summed E-state index contributed by atoms with van der Waals surface area (Å²) in [6, 6.07) is 7.73. The Labute approximate surface area is 126 Å². The van der Waals surface area contributed by atoms with Gasteiger partial charge in [0, 0.05) is 32.2 Å². The van der Waals surface area contributed by atoms with E-state index in [1.165, 1.54) is 4.31 Å². The third kappa shape index (κ3) is 3.52. The monoisotopic (exact) mass is 316 g/mol. The normalized spacial score (nSPS) is 21.9. The van der Waals surface area contributed by atoms with Crippen LogP contribution in [0.2, 0.25) is 5.02 Å². The highest BCUT2D eigenvalue weighted by Crippen LogP contribution is 2.28. The molecule has 0 spiro atoms. The molecule has 1 heterocycles. The molecule has 20 heavy (non-hydrogen) atoms. The molecule has 1 atom stereocenters. The first kappa shape index (κ1) is 15.8. The van der Waals surface area contributed by atoms with Crippen LogP contribution in [-0.2, 0) is 10.2 Å². The minimum absolute atomic E-state index is 0.240. The van der Waals surface area contributed by atoms with E-state index in [9.17, 15) is 8.42 Å². The molecule has 2 rings (SSSR count). The van der Waals surface area contributed by atoms with Gasteiger partial charge in [0.25, 0.3) is 10.2 Å². The number of nitrogens with zero attached hydrogens (tertiary/aromatic N) is 2. The van der Waals surface area contributed by atoms with Crippen LogP contribution >= 0.6 is 11.6 Å². The van der Waals surface area contributed by atoms with Crippen molar-refractivity contribution < 1.29 is 8.42 Å². The SMILES string of the molecule is CN(C)S(=O)(=O)N1CCCCC(c2ccc(Cl)cc2)C1. The Morgan fingerprint density at radius 1 is 1.20 bits per heavy atom. The number of halogens is 1. The molecule has 1 aromatic rings. The average Bonchev–Trinajstić information content (AvgIpc) is 2.65. The average molecular weight is 317 g/mol. The fourth-order valence-electron chi connectivity index (χ4n) is 2.55. The van der Waals surface area contributed by atoms with Crippen LogP contribution in [0.4, 0.5) is 0 Å². The van der Waals surface area contributed by atoms with Gasteiger partial charge in [0.2, 0.25) is 0 Å². The summed E-state index contributed by atoms with van der Waals surface area (Å²) >= 11 is 5.91. The van der Waals surface area contributed by atoms with E-state index in [2.05, 4.69) is 0 Å². The van der Waals surface area contributed by atoms with Crippen molar-refractivity contribution in [2.75, 3.05) is 27.2 Å². The molecule has 0 radical (unpaired) electrons. The number of hydrogen-bond acceptors (Lipinski definition) is 2. The third-order valence-electron chi connectivity index (χ3n) is 3.76. The largest absolute Gasteiger partial charge is 0.281 e. The van der Waals surface area contributed by atoms with Crippen LogP contribution in [0, 0.1) is 0 Å². The summed E-state index contributed by atoms with van der Waals surface area (Å²) in [5.41, 5.74) is 1.16. The third-order valence-corrected chi connectivity index (χ3v) is 5.92. The van der Waals surface area contributed by atoms with Crippen molar-refractivity contribution in [2.45, 2.75) is 25.2 Å². The van der Waals surface area contributed by atoms with E-state index in [4.69, 9.17) is 11.6 Å². The topological polar surface area (TPSA) is 40.6 Å². The van der Waals surface area contributed by atoms with Gasteiger partial charge in [-0.3, -0.25) is 0 Å². The fraction of sp³-hybridized carbons (Fsp3) is 0.571. The lowest BCUT2D eigenvalue weighted by atomic mass is 9.95. The summed E-state index contributed by atoms with van der Waals surface area (Å²) in [7, 11) is -0.170. The number of rotatable bonds is 3. The maximum Gasteiger partial charge on any atom is 0.281 e. The molecule has 1 saturated heterocycles. The number of hydrogen-bond donors (Lipinski definition) is 0. The van der Waals surface area contributed by atoms with Crippen LogP contribution in [0.5, 0.6) is 0 Å². The van der Waals surface area contributed by atoms with Crippen LogP contribution in [0.3, 0.4) is 0 Å². The molecule has 4 nitrogen and oxygen atoms in total. The van der Waals surface area contributed by atoms with Gasteiger partial charge in [-0.1, -0.05) is 30.2 Å². The van der Waals surface area contributed by atoms with Gasteiger partial charge in [-0.05, 0) is 36.5 Å². The molecule has 0 aliphatic carbocycles. The van der Waals surface area contributed by atoms with Gasteiger partial charge in [0.15, 0.2) is 0 Å². The Bertz CT molecular complexity index is 543. The molecule has 112 valence electrons. The molecule has 0 aromatic heterocycles. The van der Waals surface area contributed by atoms with Gasteiger partial charge >= 0.3 is 0 Å². The zero-order chi connectivity index (χ0) is 14.8. The maximum atomic E-state index is 12.3. The maximum absolute atomic E-state index is 12.3. The van der Waals surface area contributed by atoms with Crippen molar-refractivity contribution >= 4 is 21.8 Å². The Morgan fingerprint density at radius 2 is 1.85 bits per heavy atom. The minimum atomic E-state index is -3.33. The van der Waals surface area contributed by atoms with E-state index in [-0.39, 0.29) is 5.92 Å². The minimum Gasteiger partial charge on any atom is -0.195 e. The summed E-state index contributed by atoms with van der Waals surface area (Å²) in [5.74, 6) is 0.240. The predicted octanol–water partition coefficient (Wildman–Crippen LogP) is 2.72. The first-order valence-corrected chi connectivity index (χ1v) is 8.62. The molecule has 0 saturated carbocycles. The Morgan fingerprint density at radius 3 is 2.45 bits per heavy atom. The van der Waals surface area contributed by atoms with E-state index in [1.807, 2.05) is 24.3 Å². The summed E-state index contributed by atoms with van der Waals surface area (Å²) in [6.45, 7) is 1.15. The van der Waals surface area contributed by atoms with Crippen molar-refractivity contribution in [3.63, 3.8) is 0 Å². The lowest BCUT2D eigenvalue weighted by molar-refractivity contribution is 0.371. The molecular weight excluding hydrogens is 296 g/mol. The van der Waals surface area contributed by atoms with Crippen molar-refractivity contribution in [1.82, 2.24) is 8.61 Å². The van der Waals surface area contributed by atoms with E-state index in [0.29, 0.717) is 18.1 Å². The van der Waals surface area contributed by atoms with Crippen molar-refractivity contribution in [2.24, 2.45) is 0 Å². The molecule has 1 fully saturated rings. The van der Waals surface area contributed by atoms with Crippen molar-refractivity contribution in [3.8, 4) is 0 Å². The quantitative estimate of drug-likeness (QED) is 0.860. The zero-order valence-electron chi connectivity index (χ0n) is 11.9. The van der Waals surface area contributed by atoms with E-state index in [0.717, 1.165) is 24.8 Å². The van der Waals surface area contributed by atoms with Crippen LogP contribution in [0.25, 0.3) is 0 Å². The molecule has 0 bridgehead atoms. The molecule has 1 aromatic carbocycles. The van der Waals surface area contributed by atoms with Crippen molar-refractivity contribution in [3.05, 3.63) is 34.9 Å². The second-order valence-electron chi connectivity index (χ2n) is 5.39. The van der Waals surface area contributed by atoms with E-state index in [1.54, 1.807) is 18.4 Å². The highest BCUT2D eigenvalue weighted by atomic mass is 35.5. The fourth-order valence-corrected chi connectivity index (χ4v) is 3.87. The molecule has 1 aliphatic heterocycles. The molecule has 0 N–H and O–H groups in total. The van der Waals surface area contributed by atoms with Gasteiger partial charge in [-0.25, -0.2) is 0 Å². The summed E-state index contributed by atoms with van der Waals surface area (Å²) in [4.78, 5) is 0. The summed E-state index contributed by atoms with van der Waals surface area (Å²) in [5, 5.41) is 0.708. The summed E-state index contributed by atoms with van der Waals surface area (Å²) < 4.78 is 27.5. The van der Waals surface area contributed by atoms with Gasteiger partial charge in [0.1, 0.15) is 0 Å². The Kier molecular flexibility index (Phi) is 5.07. The molecular formula is C14H21ClN2O2S. The second-order valence-corrected chi connectivity index (χ2v) is 7.97. The second kappa shape index (κ2) is 6.43. The standard InChI is InChI=1S/C14H21ClN2O2S/c1-16(2)20(18,19)17-10-4-3-5-13(11-17)12-6-8-14(15)9-7-12/h6-9,13H,3-5,10-11H2,1-2H3. The van der Waals surface area contributed by atoms with Gasteiger partial charge in [-0.15, -0.1) is 0 Å². The van der Waals surface area contributed by atoms with Gasteiger partial charge in [0.05, 0.1) is 0 Å². The lowest BCUT2D eigenvalue weighted by Crippen LogP contribution is -2.41. The predicted molar refractivity (Wildman–Crippen MR) is 82.2 cm³/mol. The van der Waals surface area contributed by atoms with E-state index < -0.39 is 10.2 Å². The first-order chi connectivity index (χ1) is 9.41. The highest BCUT2D eigenvalue weighted by molar-refractivity contribution is 7.86.